The smallest absolute Gasteiger partial charge is 0.240 e. The predicted molar refractivity (Wildman–Crippen MR) is 115 cm³/mol. The number of guanidine groups is 1. The molecule has 160 valence electrons. The van der Waals surface area contributed by atoms with Gasteiger partial charge in [0.05, 0.1) is 11.7 Å². The number of rotatable bonds is 10. The van der Waals surface area contributed by atoms with Crippen LogP contribution in [0.2, 0.25) is 0 Å². The average Bonchev–Trinajstić information content (AvgIpc) is 2.68. The minimum Gasteiger partial charge on any atom is -0.370 e. The highest BCUT2D eigenvalue weighted by Crippen LogP contribution is 2.27. The van der Waals surface area contributed by atoms with Crippen LogP contribution in [0, 0.1) is 5.92 Å². The summed E-state index contributed by atoms with van der Waals surface area (Å²) in [5.41, 5.74) is 23.7. The summed E-state index contributed by atoms with van der Waals surface area (Å²) in [5, 5.41) is 2.72. The Balaban J connectivity index is 1.81. The van der Waals surface area contributed by atoms with Gasteiger partial charge < -0.3 is 28.3 Å². The third-order valence-corrected chi connectivity index (χ3v) is 5.48. The highest BCUT2D eigenvalue weighted by Gasteiger charge is 2.22. The summed E-state index contributed by atoms with van der Waals surface area (Å²) in [7, 11) is 0. The van der Waals surface area contributed by atoms with Crippen LogP contribution in [0.15, 0.2) is 29.3 Å². The first-order valence-corrected chi connectivity index (χ1v) is 10.4. The van der Waals surface area contributed by atoms with Crippen LogP contribution in [0.25, 0.3) is 0 Å². The fourth-order valence-electron chi connectivity index (χ4n) is 3.85. The minimum atomic E-state index is -0.774. The quantitative estimate of drug-likeness (QED) is 0.293. The van der Waals surface area contributed by atoms with E-state index in [0.29, 0.717) is 18.5 Å². The molecule has 29 heavy (non-hydrogen) atoms. The highest BCUT2D eigenvalue weighted by atomic mass is 16.2. The number of carbonyl (C=O) groups excluding carboxylic acids is 2. The van der Waals surface area contributed by atoms with E-state index in [0.717, 1.165) is 24.3 Å². The van der Waals surface area contributed by atoms with Crippen LogP contribution >= 0.6 is 0 Å². The normalized spacial score (nSPS) is 16.6. The Bertz CT molecular complexity index is 694. The molecule has 1 fully saturated rings. The van der Waals surface area contributed by atoms with Gasteiger partial charge in [0, 0.05) is 0 Å². The number of carbonyl (C=O) groups is 2. The number of aliphatic imine (C=N–C) groups is 1. The molecule has 8 nitrogen and oxygen atoms in total. The van der Waals surface area contributed by atoms with Crippen LogP contribution in [0.4, 0.5) is 5.69 Å². The molecular weight excluding hydrogens is 368 g/mol. The number of benzene rings is 1. The fourth-order valence-corrected chi connectivity index (χ4v) is 3.85. The number of nitrogens with one attached hydrogen (secondary N) is 1. The summed E-state index contributed by atoms with van der Waals surface area (Å²) in [6, 6.07) is 5.66. The van der Waals surface area contributed by atoms with Crippen molar-refractivity contribution < 1.29 is 9.59 Å². The van der Waals surface area contributed by atoms with Crippen LogP contribution in [0.1, 0.15) is 56.9 Å². The largest absolute Gasteiger partial charge is 0.370 e. The van der Waals surface area contributed by atoms with Gasteiger partial charge in [-0.3, -0.25) is 9.59 Å². The van der Waals surface area contributed by atoms with Gasteiger partial charge in [0.1, 0.15) is 6.04 Å². The zero-order valence-corrected chi connectivity index (χ0v) is 17.0. The molecule has 2 atom stereocenters. The summed E-state index contributed by atoms with van der Waals surface area (Å²) in [6.07, 6.45) is 9.28. The van der Waals surface area contributed by atoms with E-state index in [1.807, 2.05) is 12.1 Å². The molecule has 0 aliphatic heterocycles. The molecule has 1 aliphatic carbocycles. The molecule has 2 rings (SSSR count). The first kappa shape index (κ1) is 22.7. The Morgan fingerprint density at radius 3 is 2.31 bits per heavy atom. The number of amides is 2. The molecular formula is C21H34N6O2. The van der Waals surface area contributed by atoms with Gasteiger partial charge in [0.2, 0.25) is 11.8 Å². The van der Waals surface area contributed by atoms with Crippen molar-refractivity contribution in [2.75, 3.05) is 0 Å². The number of primary amides is 1. The molecule has 0 saturated heterocycles. The van der Waals surface area contributed by atoms with Crippen molar-refractivity contribution in [3.8, 4) is 0 Å². The van der Waals surface area contributed by atoms with Crippen LogP contribution in [-0.2, 0) is 16.0 Å². The first-order chi connectivity index (χ1) is 13.8. The SMILES string of the molecule is NC(=O)[C@H](CCCC1CCCCC1)NC(=O)[C@@H](N)Cc1ccc(N=C(N)N)cc1. The molecule has 0 spiro atoms. The van der Waals surface area contributed by atoms with Crippen molar-refractivity contribution in [1.29, 1.82) is 0 Å². The van der Waals surface area contributed by atoms with Crippen LogP contribution < -0.4 is 28.3 Å². The molecule has 1 aliphatic rings. The Morgan fingerprint density at radius 2 is 1.72 bits per heavy atom. The maximum Gasteiger partial charge on any atom is 0.240 e. The Kier molecular flexibility index (Phi) is 8.92. The maximum absolute atomic E-state index is 12.4. The van der Waals surface area contributed by atoms with Gasteiger partial charge in [-0.25, -0.2) is 4.99 Å². The fraction of sp³-hybridized carbons (Fsp3) is 0.571. The summed E-state index contributed by atoms with van der Waals surface area (Å²) >= 11 is 0. The van der Waals surface area contributed by atoms with E-state index < -0.39 is 18.0 Å². The molecule has 0 bridgehead atoms. The van der Waals surface area contributed by atoms with Crippen molar-refractivity contribution in [3.05, 3.63) is 29.8 Å². The molecule has 1 aromatic carbocycles. The van der Waals surface area contributed by atoms with Gasteiger partial charge in [0.25, 0.3) is 0 Å². The molecule has 1 saturated carbocycles. The highest BCUT2D eigenvalue weighted by molar-refractivity contribution is 5.89. The molecule has 0 aromatic heterocycles. The minimum absolute atomic E-state index is 0.0187. The lowest BCUT2D eigenvalue weighted by molar-refractivity contribution is -0.128. The van der Waals surface area contributed by atoms with Crippen molar-refractivity contribution >= 4 is 23.5 Å². The average molecular weight is 403 g/mol. The lowest BCUT2D eigenvalue weighted by atomic mass is 9.85. The summed E-state index contributed by atoms with van der Waals surface area (Å²) in [4.78, 5) is 28.1. The van der Waals surface area contributed by atoms with Crippen LogP contribution in [0.5, 0.6) is 0 Å². The molecule has 8 heteroatoms. The third-order valence-electron chi connectivity index (χ3n) is 5.48. The monoisotopic (exact) mass is 402 g/mol. The third kappa shape index (κ3) is 8.11. The summed E-state index contributed by atoms with van der Waals surface area (Å²) in [5.74, 6) is -0.178. The Hall–Kier alpha value is -2.61. The molecule has 9 N–H and O–H groups in total. The van der Waals surface area contributed by atoms with Gasteiger partial charge >= 0.3 is 0 Å². The standard InChI is InChI=1S/C21H34N6O2/c22-17(13-15-9-11-16(12-10-15)26-21(24)25)20(29)27-18(19(23)28)8-4-7-14-5-2-1-3-6-14/h9-12,14,17-18H,1-8,13,22H2,(H2,23,28)(H,27,29)(H4,24,25,26)/t17-,18-/m0/s1. The van der Waals surface area contributed by atoms with Crippen LogP contribution in [0.3, 0.4) is 0 Å². The zero-order valence-electron chi connectivity index (χ0n) is 17.0. The van der Waals surface area contributed by atoms with E-state index in [9.17, 15) is 9.59 Å². The number of hydrogen-bond donors (Lipinski definition) is 5. The van der Waals surface area contributed by atoms with Gasteiger partial charge in [-0.2, -0.15) is 0 Å². The van der Waals surface area contributed by atoms with E-state index in [1.54, 1.807) is 12.1 Å². The van der Waals surface area contributed by atoms with E-state index in [2.05, 4.69) is 10.3 Å². The number of hydrogen-bond acceptors (Lipinski definition) is 4. The Labute approximate surface area is 172 Å². The predicted octanol–water partition coefficient (Wildman–Crippen LogP) is 1.18. The second-order valence-corrected chi connectivity index (χ2v) is 7.91. The number of nitrogens with two attached hydrogens (primary N) is 4. The van der Waals surface area contributed by atoms with Crippen LogP contribution in [-0.4, -0.2) is 29.9 Å². The van der Waals surface area contributed by atoms with Gasteiger partial charge in [-0.1, -0.05) is 57.1 Å². The van der Waals surface area contributed by atoms with Crippen molar-refractivity contribution in [2.24, 2.45) is 33.8 Å². The molecule has 0 radical (unpaired) electrons. The van der Waals surface area contributed by atoms with Gasteiger partial charge in [-0.15, -0.1) is 0 Å². The molecule has 2 amide bonds. The maximum atomic E-state index is 12.4. The van der Waals surface area contributed by atoms with Gasteiger partial charge in [-0.05, 0) is 36.5 Å². The summed E-state index contributed by atoms with van der Waals surface area (Å²) < 4.78 is 0. The van der Waals surface area contributed by atoms with Crippen molar-refractivity contribution in [2.45, 2.75) is 69.9 Å². The second-order valence-electron chi connectivity index (χ2n) is 7.91. The lowest BCUT2D eigenvalue weighted by Crippen LogP contribution is -2.51. The first-order valence-electron chi connectivity index (χ1n) is 10.4. The van der Waals surface area contributed by atoms with Crippen molar-refractivity contribution in [1.82, 2.24) is 5.32 Å². The molecule has 0 heterocycles. The Morgan fingerprint density at radius 1 is 1.07 bits per heavy atom. The molecule has 0 unspecified atom stereocenters. The van der Waals surface area contributed by atoms with Gasteiger partial charge in [0.15, 0.2) is 5.96 Å². The number of nitrogens with zero attached hydrogens (tertiary/aromatic N) is 1. The molecule has 1 aromatic rings. The van der Waals surface area contributed by atoms with E-state index in [1.165, 1.54) is 32.1 Å². The summed E-state index contributed by atoms with van der Waals surface area (Å²) in [6.45, 7) is 0. The van der Waals surface area contributed by atoms with E-state index in [4.69, 9.17) is 22.9 Å². The zero-order chi connectivity index (χ0) is 21.2. The van der Waals surface area contributed by atoms with E-state index in [-0.39, 0.29) is 11.9 Å². The van der Waals surface area contributed by atoms with E-state index >= 15 is 0 Å². The van der Waals surface area contributed by atoms with Crippen molar-refractivity contribution in [3.63, 3.8) is 0 Å². The lowest BCUT2D eigenvalue weighted by Gasteiger charge is -2.23. The topological polar surface area (TPSA) is 163 Å². The second kappa shape index (κ2) is 11.4.